The Hall–Kier alpha value is -3.19. The van der Waals surface area contributed by atoms with Crippen molar-refractivity contribution in [3.05, 3.63) is 57.6 Å². The minimum Gasteiger partial charge on any atom is -0.507 e. The summed E-state index contributed by atoms with van der Waals surface area (Å²) in [5.74, 6) is -2.52. The van der Waals surface area contributed by atoms with E-state index in [0.29, 0.717) is 11.3 Å². The highest BCUT2D eigenvalue weighted by Gasteiger charge is 2.41. The van der Waals surface area contributed by atoms with Crippen molar-refractivity contribution < 1.29 is 34.4 Å². The van der Waals surface area contributed by atoms with Gasteiger partial charge in [0.05, 0.1) is 5.60 Å². The molecule has 1 atom stereocenters. The van der Waals surface area contributed by atoms with Crippen LogP contribution in [0.1, 0.15) is 61.6 Å². The molecule has 0 fully saturated rings. The molecule has 27 heavy (non-hydrogen) atoms. The molecule has 7 nitrogen and oxygen atoms in total. The summed E-state index contributed by atoms with van der Waals surface area (Å²) in [5, 5.41) is 29.3. The first-order chi connectivity index (χ1) is 12.6. The van der Waals surface area contributed by atoms with Gasteiger partial charge < -0.3 is 20.1 Å². The van der Waals surface area contributed by atoms with Crippen molar-refractivity contribution in [1.82, 2.24) is 0 Å². The largest absolute Gasteiger partial charge is 0.507 e. The highest BCUT2D eigenvalue weighted by molar-refractivity contribution is 6.29. The lowest BCUT2D eigenvalue weighted by atomic mass is 9.80. The average Bonchev–Trinajstić information content (AvgIpc) is 3.03. The number of hydrogen-bond acceptors (Lipinski definition) is 6. The van der Waals surface area contributed by atoms with E-state index in [4.69, 9.17) is 9.84 Å². The Balaban J connectivity index is 1.89. The Labute approximate surface area is 153 Å². The van der Waals surface area contributed by atoms with Crippen LogP contribution in [0.25, 0.3) is 0 Å². The summed E-state index contributed by atoms with van der Waals surface area (Å²) in [6.45, 7) is 3.20. The fourth-order valence-electron chi connectivity index (χ4n) is 3.58. The minimum atomic E-state index is -1.39. The molecule has 1 aliphatic carbocycles. The Morgan fingerprint density at radius 1 is 1.11 bits per heavy atom. The normalized spacial score (nSPS) is 17.8. The second-order valence-electron chi connectivity index (χ2n) is 7.31. The van der Waals surface area contributed by atoms with Gasteiger partial charge >= 0.3 is 5.97 Å². The van der Waals surface area contributed by atoms with Crippen LogP contribution in [0.3, 0.4) is 0 Å². The molecule has 0 radical (unpaired) electrons. The van der Waals surface area contributed by atoms with Crippen molar-refractivity contribution in [3.8, 4) is 11.5 Å². The van der Waals surface area contributed by atoms with Crippen molar-refractivity contribution in [2.45, 2.75) is 32.0 Å². The minimum absolute atomic E-state index is 0.0462. The molecular formula is C20H16O7. The summed E-state index contributed by atoms with van der Waals surface area (Å²) in [4.78, 5) is 37.2. The number of aliphatic hydroxyl groups is 1. The third-order valence-corrected chi connectivity index (χ3v) is 5.04. The first kappa shape index (κ1) is 17.2. The Kier molecular flexibility index (Phi) is 3.45. The maximum absolute atomic E-state index is 13.1. The lowest BCUT2D eigenvalue weighted by Crippen LogP contribution is -2.39. The van der Waals surface area contributed by atoms with Crippen LogP contribution in [0.4, 0.5) is 0 Å². The second kappa shape index (κ2) is 5.40. The zero-order chi connectivity index (χ0) is 19.7. The van der Waals surface area contributed by atoms with E-state index in [1.54, 1.807) is 19.9 Å². The highest BCUT2D eigenvalue weighted by Crippen LogP contribution is 2.41. The van der Waals surface area contributed by atoms with Crippen LogP contribution in [0, 0.1) is 0 Å². The molecular weight excluding hydrogens is 352 g/mol. The van der Waals surface area contributed by atoms with Gasteiger partial charge in [-0.25, -0.2) is 4.79 Å². The third kappa shape index (κ3) is 2.43. The predicted octanol–water partition coefficient (Wildman–Crippen LogP) is 1.94. The van der Waals surface area contributed by atoms with Crippen LogP contribution >= 0.6 is 0 Å². The van der Waals surface area contributed by atoms with E-state index in [2.05, 4.69) is 0 Å². The van der Waals surface area contributed by atoms with Gasteiger partial charge in [0.25, 0.3) is 0 Å². The van der Waals surface area contributed by atoms with Crippen LogP contribution in [0.5, 0.6) is 11.5 Å². The predicted molar refractivity (Wildman–Crippen MR) is 92.8 cm³/mol. The number of ether oxygens (including phenoxy) is 1. The van der Waals surface area contributed by atoms with Gasteiger partial charge in [-0.1, -0.05) is 0 Å². The van der Waals surface area contributed by atoms with Crippen LogP contribution < -0.4 is 4.74 Å². The molecule has 7 heteroatoms. The molecule has 0 aromatic heterocycles. The molecule has 138 valence electrons. The summed E-state index contributed by atoms with van der Waals surface area (Å²) >= 11 is 0. The number of benzene rings is 2. The number of hydrogen-bond donors (Lipinski definition) is 3. The van der Waals surface area contributed by atoms with Gasteiger partial charge in [-0.05, 0) is 38.1 Å². The van der Waals surface area contributed by atoms with E-state index in [9.17, 15) is 24.6 Å². The molecule has 3 N–H and O–H groups in total. The quantitative estimate of drug-likeness (QED) is 0.632. The van der Waals surface area contributed by atoms with E-state index in [1.165, 1.54) is 6.07 Å². The molecule has 2 aromatic rings. The van der Waals surface area contributed by atoms with E-state index in [-0.39, 0.29) is 28.7 Å². The number of carboxylic acid groups (broad SMARTS) is 1. The molecule has 0 unspecified atom stereocenters. The fraction of sp³-hybridized carbons (Fsp3) is 0.250. The van der Waals surface area contributed by atoms with Gasteiger partial charge in [-0.15, -0.1) is 0 Å². The summed E-state index contributed by atoms with van der Waals surface area (Å²) in [6, 6.07) is 5.09. The van der Waals surface area contributed by atoms with E-state index in [0.717, 1.165) is 12.1 Å². The maximum Gasteiger partial charge on any atom is 0.339 e. The Morgan fingerprint density at radius 3 is 2.41 bits per heavy atom. The number of carbonyl (C=O) groups excluding carboxylic acids is 2. The first-order valence-corrected chi connectivity index (χ1v) is 8.34. The average molecular weight is 368 g/mol. The number of rotatable bonds is 2. The number of phenols is 1. The molecule has 0 spiro atoms. The zero-order valence-electron chi connectivity index (χ0n) is 14.6. The molecule has 0 bridgehead atoms. The van der Waals surface area contributed by atoms with E-state index >= 15 is 0 Å². The lowest BCUT2D eigenvalue weighted by molar-refractivity contribution is -0.0229. The molecule has 2 aliphatic rings. The van der Waals surface area contributed by atoms with Crippen LogP contribution in [0.2, 0.25) is 0 Å². The van der Waals surface area contributed by atoms with Crippen LogP contribution in [-0.4, -0.2) is 44.6 Å². The highest BCUT2D eigenvalue weighted by atomic mass is 16.5. The summed E-state index contributed by atoms with van der Waals surface area (Å²) in [5.41, 5.74) is -0.807. The van der Waals surface area contributed by atoms with Crippen LogP contribution in [0.15, 0.2) is 24.3 Å². The Bertz CT molecular complexity index is 1040. The van der Waals surface area contributed by atoms with Crippen molar-refractivity contribution in [1.29, 1.82) is 0 Å². The lowest BCUT2D eigenvalue weighted by Gasteiger charge is -2.24. The number of ketones is 2. The number of aromatic carboxylic acids is 1. The number of aromatic hydroxyl groups is 1. The van der Waals surface area contributed by atoms with E-state index < -0.39 is 40.6 Å². The summed E-state index contributed by atoms with van der Waals surface area (Å²) in [6.07, 6.45) is -0.304. The van der Waals surface area contributed by atoms with Gasteiger partial charge in [0.2, 0.25) is 0 Å². The van der Waals surface area contributed by atoms with Crippen molar-refractivity contribution >= 4 is 17.5 Å². The van der Waals surface area contributed by atoms with Crippen molar-refractivity contribution in [3.63, 3.8) is 0 Å². The van der Waals surface area contributed by atoms with E-state index in [1.807, 2.05) is 0 Å². The summed E-state index contributed by atoms with van der Waals surface area (Å²) < 4.78 is 5.74. The molecule has 1 heterocycles. The van der Waals surface area contributed by atoms with Crippen LogP contribution in [-0.2, 0) is 6.42 Å². The van der Waals surface area contributed by atoms with Gasteiger partial charge in [-0.2, -0.15) is 0 Å². The number of carboxylic acids is 1. The smallest absolute Gasteiger partial charge is 0.339 e. The molecule has 0 amide bonds. The molecule has 2 aromatic carbocycles. The topological polar surface area (TPSA) is 121 Å². The zero-order valence-corrected chi connectivity index (χ0v) is 14.6. The third-order valence-electron chi connectivity index (χ3n) is 5.04. The molecule has 1 aliphatic heterocycles. The maximum atomic E-state index is 13.1. The Morgan fingerprint density at radius 2 is 1.78 bits per heavy atom. The SMILES string of the molecule is CC(C)(O)[C@@H]1Cc2c(ccc3c2C(=O)c2cc(O)c(C(=O)O)cc2C3=O)O1. The fourth-order valence-corrected chi connectivity index (χ4v) is 3.58. The van der Waals surface area contributed by atoms with Gasteiger partial charge in [0, 0.05) is 34.2 Å². The molecule has 0 saturated carbocycles. The second-order valence-corrected chi connectivity index (χ2v) is 7.31. The van der Waals surface area contributed by atoms with Gasteiger partial charge in [-0.3, -0.25) is 9.59 Å². The standard InChI is InChI=1S/C20H16O7/c1-20(2,26)15-7-12-14(27-15)4-3-8-16(12)18(23)10-6-13(21)11(19(24)25)5-9(10)17(8)22/h3-6,15,21,26H,7H2,1-2H3,(H,24,25)/t15-/m0/s1. The summed E-state index contributed by atoms with van der Waals surface area (Å²) in [7, 11) is 0. The molecule has 0 saturated heterocycles. The van der Waals surface area contributed by atoms with Crippen molar-refractivity contribution in [2.75, 3.05) is 0 Å². The van der Waals surface area contributed by atoms with Gasteiger partial charge in [0.15, 0.2) is 11.6 Å². The van der Waals surface area contributed by atoms with Gasteiger partial charge in [0.1, 0.15) is 23.2 Å². The monoisotopic (exact) mass is 368 g/mol. The number of carbonyl (C=O) groups is 3. The first-order valence-electron chi connectivity index (χ1n) is 8.34. The molecule has 4 rings (SSSR count). The number of fused-ring (bicyclic) bond motifs is 4. The van der Waals surface area contributed by atoms with Crippen molar-refractivity contribution in [2.24, 2.45) is 0 Å².